The van der Waals surface area contributed by atoms with Gasteiger partial charge in [0.1, 0.15) is 6.61 Å². The second-order valence-corrected chi connectivity index (χ2v) is 7.36. The number of rotatable bonds is 6. The molecule has 0 unspecified atom stereocenters. The average molecular weight is 359 g/mol. The molecule has 2 aliphatic rings. The molecule has 3 rings (SSSR count). The second kappa shape index (κ2) is 9.14. The maximum atomic E-state index is 12.6. The standard InChI is InChI=1S/C20H29N3O3/c1-15-8-12-23(13-9-15)11-5-10-21-20(25)19-18(22-17(24)14-26-19)16-6-3-2-4-7-16/h2-4,6-7,15,18-19H,5,8-14H2,1H3,(H,21,25)(H,22,24)/t18-,19+/m1/s1. The lowest BCUT2D eigenvalue weighted by Crippen LogP contribution is -2.52. The van der Waals surface area contributed by atoms with Gasteiger partial charge in [-0.05, 0) is 50.4 Å². The van der Waals surface area contributed by atoms with Gasteiger partial charge in [-0.2, -0.15) is 0 Å². The van der Waals surface area contributed by atoms with Crippen molar-refractivity contribution in [1.29, 1.82) is 0 Å². The van der Waals surface area contributed by atoms with E-state index in [1.807, 2.05) is 30.3 Å². The topological polar surface area (TPSA) is 70.7 Å². The molecule has 2 N–H and O–H groups in total. The molecule has 0 aliphatic carbocycles. The number of piperidine rings is 1. The van der Waals surface area contributed by atoms with Crippen molar-refractivity contribution in [1.82, 2.24) is 15.5 Å². The molecule has 1 aromatic carbocycles. The molecular weight excluding hydrogens is 330 g/mol. The van der Waals surface area contributed by atoms with E-state index in [1.165, 1.54) is 12.8 Å². The zero-order valence-electron chi connectivity index (χ0n) is 15.4. The van der Waals surface area contributed by atoms with Crippen molar-refractivity contribution < 1.29 is 14.3 Å². The van der Waals surface area contributed by atoms with Gasteiger partial charge in [-0.3, -0.25) is 9.59 Å². The molecule has 2 fully saturated rings. The summed E-state index contributed by atoms with van der Waals surface area (Å²) < 4.78 is 5.54. The van der Waals surface area contributed by atoms with Gasteiger partial charge in [0.2, 0.25) is 5.91 Å². The lowest BCUT2D eigenvalue weighted by Gasteiger charge is -2.32. The first-order valence-electron chi connectivity index (χ1n) is 9.59. The van der Waals surface area contributed by atoms with Crippen molar-refractivity contribution in [3.05, 3.63) is 35.9 Å². The predicted molar refractivity (Wildman–Crippen MR) is 99.5 cm³/mol. The van der Waals surface area contributed by atoms with Gasteiger partial charge >= 0.3 is 0 Å². The maximum absolute atomic E-state index is 12.6. The van der Waals surface area contributed by atoms with Gasteiger partial charge in [-0.15, -0.1) is 0 Å². The summed E-state index contributed by atoms with van der Waals surface area (Å²) in [4.78, 5) is 26.8. The molecule has 0 aromatic heterocycles. The third kappa shape index (κ3) is 5.05. The van der Waals surface area contributed by atoms with E-state index < -0.39 is 12.1 Å². The summed E-state index contributed by atoms with van der Waals surface area (Å²) in [6.45, 7) is 6.18. The Morgan fingerprint density at radius 3 is 2.73 bits per heavy atom. The average Bonchev–Trinajstić information content (AvgIpc) is 2.67. The molecule has 2 aliphatic heterocycles. The first-order chi connectivity index (χ1) is 12.6. The Hall–Kier alpha value is -1.92. The molecule has 1 aromatic rings. The highest BCUT2D eigenvalue weighted by molar-refractivity contribution is 5.86. The molecule has 0 spiro atoms. The number of amides is 2. The molecule has 0 saturated carbocycles. The van der Waals surface area contributed by atoms with E-state index in [-0.39, 0.29) is 18.4 Å². The van der Waals surface area contributed by atoms with E-state index >= 15 is 0 Å². The summed E-state index contributed by atoms with van der Waals surface area (Å²) in [5.74, 6) is 0.480. The van der Waals surface area contributed by atoms with Gasteiger partial charge in [0.05, 0.1) is 6.04 Å². The van der Waals surface area contributed by atoms with Crippen LogP contribution in [-0.4, -0.2) is 55.6 Å². The quantitative estimate of drug-likeness (QED) is 0.755. The zero-order valence-corrected chi connectivity index (χ0v) is 15.4. The molecule has 0 bridgehead atoms. The number of ether oxygens (including phenoxy) is 1. The van der Waals surface area contributed by atoms with Gasteiger partial charge < -0.3 is 20.3 Å². The number of nitrogens with one attached hydrogen (secondary N) is 2. The highest BCUT2D eigenvalue weighted by atomic mass is 16.5. The Morgan fingerprint density at radius 2 is 2.00 bits per heavy atom. The van der Waals surface area contributed by atoms with Crippen LogP contribution in [0.15, 0.2) is 30.3 Å². The molecule has 6 heteroatoms. The summed E-state index contributed by atoms with van der Waals surface area (Å²) in [6, 6.07) is 9.05. The van der Waals surface area contributed by atoms with Crippen LogP contribution in [0.2, 0.25) is 0 Å². The number of carbonyl (C=O) groups is 2. The number of likely N-dealkylation sites (tertiary alicyclic amines) is 1. The smallest absolute Gasteiger partial charge is 0.251 e. The highest BCUT2D eigenvalue weighted by Gasteiger charge is 2.35. The SMILES string of the molecule is CC1CCN(CCCNC(=O)[C@H]2OCC(=O)N[C@@H]2c2ccccc2)CC1. The van der Waals surface area contributed by atoms with Crippen LogP contribution in [-0.2, 0) is 14.3 Å². The molecule has 2 heterocycles. The third-order valence-electron chi connectivity index (χ3n) is 5.26. The van der Waals surface area contributed by atoms with Crippen molar-refractivity contribution >= 4 is 11.8 Å². The monoisotopic (exact) mass is 359 g/mol. The largest absolute Gasteiger partial charge is 0.356 e. The maximum Gasteiger partial charge on any atom is 0.251 e. The fraction of sp³-hybridized carbons (Fsp3) is 0.600. The van der Waals surface area contributed by atoms with Crippen LogP contribution in [0.3, 0.4) is 0 Å². The minimum absolute atomic E-state index is 0.0760. The van der Waals surface area contributed by atoms with Crippen molar-refractivity contribution in [3.63, 3.8) is 0 Å². The first kappa shape index (κ1) is 18.9. The van der Waals surface area contributed by atoms with Crippen molar-refractivity contribution in [2.75, 3.05) is 32.8 Å². The minimum Gasteiger partial charge on any atom is -0.356 e. The number of morpholine rings is 1. The number of hydrogen-bond acceptors (Lipinski definition) is 4. The molecule has 2 amide bonds. The number of hydrogen-bond donors (Lipinski definition) is 2. The lowest BCUT2D eigenvalue weighted by molar-refractivity contribution is -0.148. The van der Waals surface area contributed by atoms with E-state index in [2.05, 4.69) is 22.5 Å². The second-order valence-electron chi connectivity index (χ2n) is 7.36. The van der Waals surface area contributed by atoms with E-state index in [0.29, 0.717) is 6.54 Å². The van der Waals surface area contributed by atoms with E-state index in [9.17, 15) is 9.59 Å². The number of benzene rings is 1. The van der Waals surface area contributed by atoms with Gasteiger partial charge in [-0.1, -0.05) is 37.3 Å². The summed E-state index contributed by atoms with van der Waals surface area (Å²) >= 11 is 0. The predicted octanol–water partition coefficient (Wildman–Crippen LogP) is 1.48. The Balaban J connectivity index is 1.47. The van der Waals surface area contributed by atoms with E-state index in [0.717, 1.165) is 37.5 Å². The van der Waals surface area contributed by atoms with Crippen molar-refractivity contribution in [2.45, 2.75) is 38.3 Å². The normalized spacial score (nSPS) is 24.9. The molecular formula is C20H29N3O3. The summed E-state index contributed by atoms with van der Waals surface area (Å²) in [6.07, 6.45) is 2.77. The van der Waals surface area contributed by atoms with Gasteiger partial charge in [0.15, 0.2) is 6.10 Å². The Kier molecular flexibility index (Phi) is 6.63. The summed E-state index contributed by atoms with van der Waals surface area (Å²) in [5.41, 5.74) is 0.878. The van der Waals surface area contributed by atoms with Crippen LogP contribution < -0.4 is 10.6 Å². The first-order valence-corrected chi connectivity index (χ1v) is 9.59. The molecule has 2 atom stereocenters. The van der Waals surface area contributed by atoms with Gasteiger partial charge in [-0.25, -0.2) is 0 Å². The number of carbonyl (C=O) groups excluding carboxylic acids is 2. The molecule has 6 nitrogen and oxygen atoms in total. The Labute approximate surface area is 155 Å². The van der Waals surface area contributed by atoms with Crippen LogP contribution in [0.1, 0.15) is 37.8 Å². The van der Waals surface area contributed by atoms with Crippen LogP contribution >= 0.6 is 0 Å². The van der Waals surface area contributed by atoms with Crippen molar-refractivity contribution in [2.24, 2.45) is 5.92 Å². The molecule has 26 heavy (non-hydrogen) atoms. The highest BCUT2D eigenvalue weighted by Crippen LogP contribution is 2.22. The Morgan fingerprint density at radius 1 is 1.27 bits per heavy atom. The molecule has 0 radical (unpaired) electrons. The van der Waals surface area contributed by atoms with E-state index in [1.54, 1.807) is 0 Å². The van der Waals surface area contributed by atoms with Crippen LogP contribution in [0, 0.1) is 5.92 Å². The summed E-state index contributed by atoms with van der Waals surface area (Å²) in [5, 5.41) is 5.85. The Bertz CT molecular complexity index is 600. The zero-order chi connectivity index (χ0) is 18.4. The minimum atomic E-state index is -0.689. The molecule has 142 valence electrons. The number of nitrogens with zero attached hydrogens (tertiary/aromatic N) is 1. The van der Waals surface area contributed by atoms with Crippen LogP contribution in [0.5, 0.6) is 0 Å². The van der Waals surface area contributed by atoms with Gasteiger partial charge in [0.25, 0.3) is 5.91 Å². The van der Waals surface area contributed by atoms with Crippen LogP contribution in [0.4, 0.5) is 0 Å². The van der Waals surface area contributed by atoms with Gasteiger partial charge in [0, 0.05) is 6.54 Å². The van der Waals surface area contributed by atoms with Crippen molar-refractivity contribution in [3.8, 4) is 0 Å². The summed E-state index contributed by atoms with van der Waals surface area (Å²) in [7, 11) is 0. The van der Waals surface area contributed by atoms with Crippen LogP contribution in [0.25, 0.3) is 0 Å². The molecule has 2 saturated heterocycles. The van der Waals surface area contributed by atoms with E-state index in [4.69, 9.17) is 4.74 Å². The third-order valence-corrected chi connectivity index (χ3v) is 5.26. The fourth-order valence-electron chi connectivity index (χ4n) is 3.60. The lowest BCUT2D eigenvalue weighted by atomic mass is 9.99. The fourth-order valence-corrected chi connectivity index (χ4v) is 3.60.